The van der Waals surface area contributed by atoms with E-state index in [0.717, 1.165) is 16.6 Å². The molecule has 0 radical (unpaired) electrons. The minimum Gasteiger partial charge on any atom is -0.335 e. The molecule has 5 nitrogen and oxygen atoms in total. The van der Waals surface area contributed by atoms with Gasteiger partial charge in [-0.05, 0) is 32.4 Å². The number of carbonyl (C=O) groups excluding carboxylic acids is 1. The second-order valence-electron chi connectivity index (χ2n) is 6.32. The molecule has 0 aliphatic heterocycles. The van der Waals surface area contributed by atoms with Crippen LogP contribution in [0.3, 0.4) is 0 Å². The Bertz CT molecular complexity index is 854. The molecule has 5 heteroatoms. The number of nitrogens with zero attached hydrogens (tertiary/aromatic N) is 4. The average molecular weight is 322 g/mol. The van der Waals surface area contributed by atoms with E-state index >= 15 is 0 Å². The fraction of sp³-hybridized carbons (Fsp3) is 0.316. The monoisotopic (exact) mass is 322 g/mol. The van der Waals surface area contributed by atoms with Crippen molar-refractivity contribution in [2.24, 2.45) is 0 Å². The average Bonchev–Trinajstić information content (AvgIpc) is 3.04. The van der Waals surface area contributed by atoms with Crippen molar-refractivity contribution < 1.29 is 4.79 Å². The Morgan fingerprint density at radius 2 is 1.83 bits per heavy atom. The van der Waals surface area contributed by atoms with Gasteiger partial charge in [-0.15, -0.1) is 0 Å². The lowest BCUT2D eigenvalue weighted by molar-refractivity contribution is 0.0742. The molecule has 3 rings (SSSR count). The van der Waals surface area contributed by atoms with Crippen molar-refractivity contribution in [2.45, 2.75) is 32.9 Å². The third kappa shape index (κ3) is 2.89. The van der Waals surface area contributed by atoms with Crippen LogP contribution < -0.4 is 0 Å². The Kier molecular flexibility index (Phi) is 4.34. The minimum absolute atomic E-state index is 0.00668. The number of benzene rings is 1. The molecule has 0 saturated carbocycles. The highest BCUT2D eigenvalue weighted by Gasteiger charge is 2.20. The van der Waals surface area contributed by atoms with Crippen LogP contribution >= 0.6 is 0 Å². The van der Waals surface area contributed by atoms with Gasteiger partial charge in [-0.3, -0.25) is 4.79 Å². The van der Waals surface area contributed by atoms with Gasteiger partial charge in [0.1, 0.15) is 0 Å². The Balaban J connectivity index is 1.88. The summed E-state index contributed by atoms with van der Waals surface area (Å²) >= 11 is 0. The van der Waals surface area contributed by atoms with Crippen LogP contribution in [-0.4, -0.2) is 32.6 Å². The minimum atomic E-state index is -0.0435. The molecule has 1 unspecified atom stereocenters. The summed E-state index contributed by atoms with van der Waals surface area (Å²) in [6.45, 7) is 6.14. The van der Waals surface area contributed by atoms with Gasteiger partial charge < -0.3 is 4.90 Å². The van der Waals surface area contributed by atoms with Crippen LogP contribution in [0, 0.1) is 0 Å². The van der Waals surface area contributed by atoms with E-state index in [-0.39, 0.29) is 18.0 Å². The first kappa shape index (κ1) is 16.2. The van der Waals surface area contributed by atoms with Gasteiger partial charge in [0.15, 0.2) is 5.65 Å². The van der Waals surface area contributed by atoms with Crippen LogP contribution in [-0.2, 0) is 0 Å². The van der Waals surface area contributed by atoms with Crippen LogP contribution in [0.4, 0.5) is 0 Å². The van der Waals surface area contributed by atoms with E-state index < -0.39 is 0 Å². The second-order valence-corrected chi connectivity index (χ2v) is 6.32. The topological polar surface area (TPSA) is 51.0 Å². The summed E-state index contributed by atoms with van der Waals surface area (Å²) in [5.41, 5.74) is 2.49. The van der Waals surface area contributed by atoms with Crippen molar-refractivity contribution >= 4 is 16.9 Å². The molecule has 1 aromatic carbocycles. The predicted octanol–water partition coefficient (Wildman–Crippen LogP) is 3.85. The molecule has 0 bridgehead atoms. The molecule has 124 valence electrons. The second kappa shape index (κ2) is 6.43. The summed E-state index contributed by atoms with van der Waals surface area (Å²) in [5.74, 6) is -0.0435. The lowest BCUT2D eigenvalue weighted by Crippen LogP contribution is -2.29. The molecule has 2 heterocycles. The maximum Gasteiger partial charge on any atom is 0.255 e. The molecular weight excluding hydrogens is 300 g/mol. The number of fused-ring (bicyclic) bond motifs is 1. The van der Waals surface area contributed by atoms with E-state index in [1.54, 1.807) is 17.3 Å². The van der Waals surface area contributed by atoms with Gasteiger partial charge in [0.05, 0.1) is 17.8 Å². The van der Waals surface area contributed by atoms with E-state index in [9.17, 15) is 4.79 Å². The zero-order valence-corrected chi connectivity index (χ0v) is 14.5. The third-order valence-corrected chi connectivity index (χ3v) is 4.35. The van der Waals surface area contributed by atoms with Crippen molar-refractivity contribution in [3.63, 3.8) is 0 Å². The van der Waals surface area contributed by atoms with Gasteiger partial charge in [0.25, 0.3) is 5.91 Å². The molecule has 1 amide bonds. The Morgan fingerprint density at radius 3 is 2.50 bits per heavy atom. The highest BCUT2D eigenvalue weighted by atomic mass is 16.2. The summed E-state index contributed by atoms with van der Waals surface area (Å²) in [6, 6.07) is 12.1. The number of pyridine rings is 1. The number of carbonyl (C=O) groups is 1. The molecule has 0 spiro atoms. The molecule has 24 heavy (non-hydrogen) atoms. The summed E-state index contributed by atoms with van der Waals surface area (Å²) in [5, 5.41) is 5.24. The predicted molar refractivity (Wildman–Crippen MR) is 94.9 cm³/mol. The molecule has 0 aliphatic carbocycles. The SMILES string of the molecule is CC(c1ccccc1)N(C)C(=O)c1cnc2c(cnn2C(C)C)c1. The molecule has 1 atom stereocenters. The van der Waals surface area contributed by atoms with Crippen LogP contribution in [0.2, 0.25) is 0 Å². The normalized spacial score (nSPS) is 12.5. The molecule has 0 aliphatic rings. The molecule has 3 aromatic rings. The van der Waals surface area contributed by atoms with Gasteiger partial charge >= 0.3 is 0 Å². The fourth-order valence-electron chi connectivity index (χ4n) is 2.77. The van der Waals surface area contributed by atoms with Crippen molar-refractivity contribution in [2.75, 3.05) is 7.05 Å². The first-order valence-corrected chi connectivity index (χ1v) is 8.14. The summed E-state index contributed by atoms with van der Waals surface area (Å²) < 4.78 is 1.86. The molecule has 0 saturated heterocycles. The van der Waals surface area contributed by atoms with Gasteiger partial charge in [-0.2, -0.15) is 5.10 Å². The van der Waals surface area contributed by atoms with Crippen molar-refractivity contribution in [1.82, 2.24) is 19.7 Å². The number of aromatic nitrogens is 3. The van der Waals surface area contributed by atoms with E-state index in [2.05, 4.69) is 23.9 Å². The lowest BCUT2D eigenvalue weighted by atomic mass is 10.1. The molecule has 0 N–H and O–H groups in total. The van der Waals surface area contributed by atoms with E-state index in [0.29, 0.717) is 5.56 Å². The van der Waals surface area contributed by atoms with Crippen LogP contribution in [0.25, 0.3) is 11.0 Å². The van der Waals surface area contributed by atoms with Crippen molar-refractivity contribution in [3.8, 4) is 0 Å². The van der Waals surface area contributed by atoms with Crippen LogP contribution in [0.15, 0.2) is 48.8 Å². The highest BCUT2D eigenvalue weighted by Crippen LogP contribution is 2.22. The number of hydrogen-bond donors (Lipinski definition) is 0. The molecule has 2 aromatic heterocycles. The van der Waals surface area contributed by atoms with E-state index in [1.165, 1.54) is 0 Å². The van der Waals surface area contributed by atoms with Crippen LogP contribution in [0.1, 0.15) is 48.8 Å². The largest absolute Gasteiger partial charge is 0.335 e. The first-order valence-electron chi connectivity index (χ1n) is 8.14. The lowest BCUT2D eigenvalue weighted by Gasteiger charge is -2.25. The third-order valence-electron chi connectivity index (χ3n) is 4.35. The summed E-state index contributed by atoms with van der Waals surface area (Å²) in [4.78, 5) is 19.0. The number of rotatable bonds is 4. The molecular formula is C19H22N4O. The van der Waals surface area contributed by atoms with Crippen molar-refractivity contribution in [1.29, 1.82) is 0 Å². The molecule has 0 fully saturated rings. The summed E-state index contributed by atoms with van der Waals surface area (Å²) in [7, 11) is 1.82. The van der Waals surface area contributed by atoms with Gasteiger partial charge in [-0.25, -0.2) is 9.67 Å². The number of amides is 1. The Hall–Kier alpha value is -2.69. The van der Waals surface area contributed by atoms with Gasteiger partial charge in [-0.1, -0.05) is 30.3 Å². The van der Waals surface area contributed by atoms with Gasteiger partial charge in [0, 0.05) is 24.7 Å². The zero-order chi connectivity index (χ0) is 17.3. The van der Waals surface area contributed by atoms with Crippen molar-refractivity contribution in [3.05, 3.63) is 59.9 Å². The van der Waals surface area contributed by atoms with Crippen LogP contribution in [0.5, 0.6) is 0 Å². The van der Waals surface area contributed by atoms with Gasteiger partial charge in [0.2, 0.25) is 0 Å². The Morgan fingerprint density at radius 1 is 1.12 bits per heavy atom. The zero-order valence-electron chi connectivity index (χ0n) is 14.5. The fourth-order valence-corrected chi connectivity index (χ4v) is 2.77. The quantitative estimate of drug-likeness (QED) is 0.733. The smallest absolute Gasteiger partial charge is 0.255 e. The van der Waals surface area contributed by atoms with E-state index in [4.69, 9.17) is 0 Å². The summed E-state index contributed by atoms with van der Waals surface area (Å²) in [6.07, 6.45) is 3.40. The first-order chi connectivity index (χ1) is 11.5. The maximum atomic E-state index is 12.8. The van der Waals surface area contributed by atoms with E-state index in [1.807, 2.05) is 55.1 Å². The Labute approximate surface area is 141 Å². The maximum absolute atomic E-state index is 12.8. The standard InChI is InChI=1S/C19H22N4O/c1-13(2)23-18-16(12-21-23)10-17(11-20-18)19(24)22(4)14(3)15-8-6-5-7-9-15/h5-14H,1-4H3. The number of hydrogen-bond acceptors (Lipinski definition) is 3. The highest BCUT2D eigenvalue weighted by molar-refractivity contribution is 5.96.